The molecule has 3 fully saturated rings. The van der Waals surface area contributed by atoms with Crippen molar-refractivity contribution >= 4 is 17.5 Å². The third-order valence-electron chi connectivity index (χ3n) is 14.2. The molecule has 9 heteroatoms. The molecule has 7 atom stereocenters. The van der Waals surface area contributed by atoms with Crippen LogP contribution >= 0.6 is 0 Å². The standard InChI is InChI=1S/C50H57N3O6/c1-51-29-33-11-6-12-34(25-33)36-15-14-35(55)28-40(36)44-37-18-21-50(42(59-49(57)47(44)50)26-32(20-23-54)24-30-8-4-3-5-9-30)46-38(37)16-17-39-41(58-48(56)45(39)46)13-7-10-31-19-22-53-43(27-31)52-2/h3-6,8-9,11-15,25-26,28,31-32,37-38,43,46,51-55H,7,10,16-24,27,29H2,1-2H3/b41-13?,42-26-/t31-,32-,37-,38+,43+,46-,50-/m1/s1. The van der Waals surface area contributed by atoms with E-state index in [-0.39, 0.29) is 48.0 Å². The summed E-state index contributed by atoms with van der Waals surface area (Å²) < 4.78 is 12.8. The summed E-state index contributed by atoms with van der Waals surface area (Å²) in [5.41, 5.74) is 7.43. The van der Waals surface area contributed by atoms with Crippen molar-refractivity contribution in [2.45, 2.75) is 76.9 Å². The number of aliphatic hydroxyl groups is 1. The van der Waals surface area contributed by atoms with Gasteiger partial charge in [-0.05, 0) is 172 Å². The molecule has 1 spiro atoms. The molecule has 3 heterocycles. The predicted molar refractivity (Wildman–Crippen MR) is 228 cm³/mol. The molecule has 5 N–H and O–H groups in total. The molecule has 0 aromatic heterocycles. The molecule has 0 unspecified atom stereocenters. The fourth-order valence-electron chi connectivity index (χ4n) is 11.7. The van der Waals surface area contributed by atoms with Crippen LogP contribution in [0.2, 0.25) is 0 Å². The van der Waals surface area contributed by atoms with Crippen LogP contribution in [-0.2, 0) is 32.0 Å². The van der Waals surface area contributed by atoms with E-state index in [1.165, 1.54) is 0 Å². The van der Waals surface area contributed by atoms with E-state index >= 15 is 0 Å². The largest absolute Gasteiger partial charge is 0.508 e. The lowest BCUT2D eigenvalue weighted by Crippen LogP contribution is -2.52. The van der Waals surface area contributed by atoms with Crippen LogP contribution in [0.4, 0.5) is 0 Å². The summed E-state index contributed by atoms with van der Waals surface area (Å²) in [6, 6.07) is 24.1. The lowest BCUT2D eigenvalue weighted by atomic mass is 9.44. The highest BCUT2D eigenvalue weighted by molar-refractivity contribution is 6.07. The van der Waals surface area contributed by atoms with E-state index in [1.807, 2.05) is 44.4 Å². The fourth-order valence-corrected chi connectivity index (χ4v) is 11.7. The number of phenolic OH excluding ortho intramolecular Hbond substituents is 1. The van der Waals surface area contributed by atoms with Gasteiger partial charge >= 0.3 is 11.9 Å². The summed E-state index contributed by atoms with van der Waals surface area (Å²) in [4.78, 5) is 29.2. The Morgan fingerprint density at radius 2 is 1.78 bits per heavy atom. The third-order valence-corrected chi connectivity index (χ3v) is 14.2. The first kappa shape index (κ1) is 39.6. The quantitative estimate of drug-likeness (QED) is 0.111. The lowest BCUT2D eigenvalue weighted by molar-refractivity contribution is -0.135. The molecule has 0 radical (unpaired) electrons. The molecule has 1 saturated carbocycles. The minimum absolute atomic E-state index is 0.00761. The van der Waals surface area contributed by atoms with Crippen LogP contribution in [0.15, 0.2) is 113 Å². The van der Waals surface area contributed by atoms with Gasteiger partial charge in [-0.1, -0.05) is 54.6 Å². The summed E-state index contributed by atoms with van der Waals surface area (Å²) in [7, 11) is 3.93. The van der Waals surface area contributed by atoms with Crippen molar-refractivity contribution in [2.75, 3.05) is 27.2 Å². The SMILES string of the molecule is CNCc1cccc(-c2ccc(O)cc2C2=C3C(=O)O/C(=C\[C@H](CCO)Cc4ccccc4)[C@@]34CC[C@@H]2[C@@H]2CCC3=C(C(=O)OC3=CCC[C@@H]3CCN[C@H](NC)C3)[C@@H]24)c1. The number of ether oxygens (including phenoxy) is 2. The number of carbonyl (C=O) groups is 2. The minimum atomic E-state index is -0.903. The first-order chi connectivity index (χ1) is 28.8. The Morgan fingerprint density at radius 3 is 2.59 bits per heavy atom. The average molecular weight is 796 g/mol. The summed E-state index contributed by atoms with van der Waals surface area (Å²) in [5, 5.41) is 31.6. The van der Waals surface area contributed by atoms with E-state index in [0.29, 0.717) is 60.6 Å². The molecular formula is C50H57N3O6. The van der Waals surface area contributed by atoms with Gasteiger partial charge in [-0.2, -0.15) is 0 Å². The Labute approximate surface area is 347 Å². The number of cyclic esters (lactones) is 2. The summed E-state index contributed by atoms with van der Waals surface area (Å²) in [6.07, 6.45) is 12.9. The van der Waals surface area contributed by atoms with Crippen LogP contribution in [0, 0.1) is 35.0 Å². The van der Waals surface area contributed by atoms with Crippen molar-refractivity contribution in [3.8, 4) is 16.9 Å². The number of esters is 2. The van der Waals surface area contributed by atoms with E-state index in [4.69, 9.17) is 9.47 Å². The molecule has 0 amide bonds. The number of hydrogen-bond donors (Lipinski definition) is 5. The predicted octanol–water partition coefficient (Wildman–Crippen LogP) is 7.71. The number of carbonyl (C=O) groups excluding carboxylic acids is 2. The first-order valence-corrected chi connectivity index (χ1v) is 21.8. The van der Waals surface area contributed by atoms with Gasteiger partial charge in [-0.15, -0.1) is 0 Å². The Morgan fingerprint density at radius 1 is 0.932 bits per heavy atom. The number of allylic oxidation sites excluding steroid dienone is 5. The highest BCUT2D eigenvalue weighted by Crippen LogP contribution is 2.72. The number of fused-ring (bicyclic) bond motifs is 1. The molecule has 59 heavy (non-hydrogen) atoms. The van der Waals surface area contributed by atoms with Crippen LogP contribution in [-0.4, -0.2) is 55.6 Å². The monoisotopic (exact) mass is 795 g/mol. The molecule has 7 aliphatic rings. The van der Waals surface area contributed by atoms with Crippen molar-refractivity contribution in [1.29, 1.82) is 0 Å². The van der Waals surface area contributed by atoms with Gasteiger partial charge in [0.1, 0.15) is 17.3 Å². The van der Waals surface area contributed by atoms with Gasteiger partial charge in [-0.25, -0.2) is 9.59 Å². The number of aromatic hydroxyl groups is 1. The van der Waals surface area contributed by atoms with Crippen LogP contribution < -0.4 is 16.0 Å². The van der Waals surface area contributed by atoms with Gasteiger partial charge in [0.05, 0.1) is 17.2 Å². The van der Waals surface area contributed by atoms with Gasteiger partial charge in [0.15, 0.2) is 0 Å². The summed E-state index contributed by atoms with van der Waals surface area (Å²) in [6.45, 7) is 1.70. The number of nitrogens with one attached hydrogen (secondary N) is 3. The highest BCUT2D eigenvalue weighted by atomic mass is 16.5. The molecule has 3 aromatic carbocycles. The first-order valence-electron chi connectivity index (χ1n) is 21.8. The molecule has 9 nitrogen and oxygen atoms in total. The Bertz CT molecular complexity index is 2240. The zero-order valence-electron chi connectivity index (χ0n) is 34.3. The normalized spacial score (nSPS) is 29.1. The minimum Gasteiger partial charge on any atom is -0.508 e. The topological polar surface area (TPSA) is 129 Å². The number of aliphatic hydroxyl groups excluding tert-OH is 1. The number of hydrogen-bond acceptors (Lipinski definition) is 9. The van der Waals surface area contributed by atoms with Crippen LogP contribution in [0.25, 0.3) is 16.7 Å². The maximum Gasteiger partial charge on any atom is 0.340 e. The number of phenols is 1. The molecular weight excluding hydrogens is 739 g/mol. The van der Waals surface area contributed by atoms with E-state index in [1.54, 1.807) is 6.07 Å². The van der Waals surface area contributed by atoms with Gasteiger partial charge in [0.2, 0.25) is 0 Å². The Balaban J connectivity index is 1.19. The average Bonchev–Trinajstić information content (AvgIpc) is 3.73. The highest BCUT2D eigenvalue weighted by Gasteiger charge is 2.68. The van der Waals surface area contributed by atoms with Gasteiger partial charge in [0.25, 0.3) is 0 Å². The second-order valence-electron chi connectivity index (χ2n) is 17.5. The number of rotatable bonds is 13. The fraction of sp³-hybridized carbons (Fsp3) is 0.440. The van der Waals surface area contributed by atoms with E-state index in [0.717, 1.165) is 90.5 Å². The third kappa shape index (κ3) is 7.20. The lowest BCUT2D eigenvalue weighted by Gasteiger charge is -2.56. The molecule has 3 aliphatic heterocycles. The molecule has 4 aliphatic carbocycles. The van der Waals surface area contributed by atoms with Crippen LogP contribution in [0.3, 0.4) is 0 Å². The Kier molecular flexibility index (Phi) is 11.2. The van der Waals surface area contributed by atoms with E-state index < -0.39 is 5.41 Å². The van der Waals surface area contributed by atoms with Crippen molar-refractivity contribution in [3.63, 3.8) is 0 Å². The second kappa shape index (κ2) is 16.7. The van der Waals surface area contributed by atoms with Crippen molar-refractivity contribution < 1.29 is 29.3 Å². The zero-order chi connectivity index (χ0) is 40.7. The van der Waals surface area contributed by atoms with Gasteiger partial charge < -0.3 is 35.6 Å². The smallest absolute Gasteiger partial charge is 0.340 e. The number of benzene rings is 3. The second-order valence-corrected chi connectivity index (χ2v) is 17.5. The molecule has 2 saturated heterocycles. The van der Waals surface area contributed by atoms with Crippen molar-refractivity contribution in [2.24, 2.45) is 35.0 Å². The maximum atomic E-state index is 14.8. The van der Waals surface area contributed by atoms with E-state index in [2.05, 4.69) is 64.5 Å². The molecule has 10 rings (SSSR count). The van der Waals surface area contributed by atoms with Gasteiger partial charge in [-0.3, -0.25) is 0 Å². The molecule has 308 valence electrons. The number of piperidine rings is 1. The van der Waals surface area contributed by atoms with Crippen molar-refractivity contribution in [3.05, 3.63) is 130 Å². The maximum absolute atomic E-state index is 14.8. The van der Waals surface area contributed by atoms with Gasteiger partial charge in [0, 0.05) is 30.2 Å². The summed E-state index contributed by atoms with van der Waals surface area (Å²) in [5.74, 6) is 0.960. The van der Waals surface area contributed by atoms with E-state index in [9.17, 15) is 19.8 Å². The molecule has 3 aromatic rings. The summed E-state index contributed by atoms with van der Waals surface area (Å²) >= 11 is 0. The van der Waals surface area contributed by atoms with Crippen LogP contribution in [0.1, 0.15) is 74.5 Å². The Hall–Kier alpha value is -4.80. The zero-order valence-corrected chi connectivity index (χ0v) is 34.3. The molecule has 2 bridgehead atoms. The van der Waals surface area contributed by atoms with Crippen molar-refractivity contribution in [1.82, 2.24) is 16.0 Å². The van der Waals surface area contributed by atoms with Crippen LogP contribution in [0.5, 0.6) is 5.75 Å².